The summed E-state index contributed by atoms with van der Waals surface area (Å²) in [5.74, 6) is 0.207. The molecule has 0 spiro atoms. The van der Waals surface area contributed by atoms with Gasteiger partial charge in [-0.15, -0.1) is 0 Å². The molecule has 0 aliphatic carbocycles. The summed E-state index contributed by atoms with van der Waals surface area (Å²) in [6, 6.07) is 5.69. The van der Waals surface area contributed by atoms with E-state index in [4.69, 9.17) is 20.3 Å². The van der Waals surface area contributed by atoms with Crippen molar-refractivity contribution < 1.29 is 19.4 Å². The maximum Gasteiger partial charge on any atom is 0.323 e. The summed E-state index contributed by atoms with van der Waals surface area (Å²) in [6.07, 6.45) is 1.14. The van der Waals surface area contributed by atoms with Gasteiger partial charge in [-0.3, -0.25) is 4.79 Å². The van der Waals surface area contributed by atoms with Crippen molar-refractivity contribution in [2.75, 3.05) is 13.7 Å². The van der Waals surface area contributed by atoms with E-state index in [9.17, 15) is 4.79 Å². The molecule has 1 unspecified atom stereocenters. The first kappa shape index (κ1) is 15.3. The van der Waals surface area contributed by atoms with Gasteiger partial charge in [-0.2, -0.15) is 0 Å². The predicted molar refractivity (Wildman–Crippen MR) is 72.7 cm³/mol. The van der Waals surface area contributed by atoms with E-state index < -0.39 is 11.5 Å². The van der Waals surface area contributed by atoms with Gasteiger partial charge in [0.15, 0.2) is 11.5 Å². The first-order valence-corrected chi connectivity index (χ1v) is 6.22. The molecule has 0 amide bonds. The summed E-state index contributed by atoms with van der Waals surface area (Å²) in [5, 5.41) is 8.90. The van der Waals surface area contributed by atoms with Crippen molar-refractivity contribution in [2.24, 2.45) is 5.73 Å². The zero-order valence-electron chi connectivity index (χ0n) is 11.6. The Morgan fingerprint density at radius 2 is 2.11 bits per heavy atom. The van der Waals surface area contributed by atoms with Crippen LogP contribution in [0.2, 0.25) is 0 Å². The van der Waals surface area contributed by atoms with Gasteiger partial charge >= 0.3 is 5.97 Å². The molecular weight excluding hydrogens is 246 g/mol. The molecule has 19 heavy (non-hydrogen) atoms. The van der Waals surface area contributed by atoms with Crippen LogP contribution >= 0.6 is 0 Å². The zero-order chi connectivity index (χ0) is 14.5. The van der Waals surface area contributed by atoms with E-state index in [0.29, 0.717) is 11.5 Å². The highest BCUT2D eigenvalue weighted by molar-refractivity contribution is 5.77. The van der Waals surface area contributed by atoms with Gasteiger partial charge in [0.25, 0.3) is 0 Å². The van der Waals surface area contributed by atoms with Gasteiger partial charge in [0, 0.05) is 6.42 Å². The van der Waals surface area contributed by atoms with Crippen LogP contribution in [0.15, 0.2) is 18.2 Å². The standard InChI is InChI=1S/C14H21NO4/c1-4-10-5-6-11(12(9-10)18-3)19-8-7-14(2,15)13(16)17/h5-6,9H,4,7-8,15H2,1-3H3,(H,16,17). The van der Waals surface area contributed by atoms with E-state index in [-0.39, 0.29) is 13.0 Å². The Balaban J connectivity index is 2.65. The van der Waals surface area contributed by atoms with Gasteiger partial charge in [-0.1, -0.05) is 13.0 Å². The highest BCUT2D eigenvalue weighted by atomic mass is 16.5. The molecule has 0 aliphatic heterocycles. The molecule has 0 saturated carbocycles. The lowest BCUT2D eigenvalue weighted by molar-refractivity contribution is -0.143. The Morgan fingerprint density at radius 3 is 2.63 bits per heavy atom. The van der Waals surface area contributed by atoms with E-state index in [0.717, 1.165) is 12.0 Å². The zero-order valence-corrected chi connectivity index (χ0v) is 11.6. The van der Waals surface area contributed by atoms with Gasteiger partial charge in [-0.25, -0.2) is 0 Å². The van der Waals surface area contributed by atoms with Crippen molar-refractivity contribution in [3.8, 4) is 11.5 Å². The first-order chi connectivity index (χ1) is 8.90. The normalized spacial score (nSPS) is 13.7. The topological polar surface area (TPSA) is 81.8 Å². The molecule has 1 atom stereocenters. The number of methoxy groups -OCH3 is 1. The lowest BCUT2D eigenvalue weighted by atomic mass is 10.0. The second-order valence-corrected chi connectivity index (χ2v) is 4.66. The molecule has 5 nitrogen and oxygen atoms in total. The summed E-state index contributed by atoms with van der Waals surface area (Å²) >= 11 is 0. The highest BCUT2D eigenvalue weighted by Crippen LogP contribution is 2.28. The summed E-state index contributed by atoms with van der Waals surface area (Å²) in [7, 11) is 1.58. The van der Waals surface area contributed by atoms with Gasteiger partial charge in [0.1, 0.15) is 5.54 Å². The molecular formula is C14H21NO4. The Hall–Kier alpha value is -1.75. The maximum atomic E-state index is 10.9. The number of hydrogen-bond acceptors (Lipinski definition) is 4. The van der Waals surface area contributed by atoms with Crippen molar-refractivity contribution in [3.05, 3.63) is 23.8 Å². The predicted octanol–water partition coefficient (Wildman–Crippen LogP) is 1.83. The van der Waals surface area contributed by atoms with Gasteiger partial charge in [0.2, 0.25) is 0 Å². The molecule has 1 aromatic carbocycles. The molecule has 0 bridgehead atoms. The summed E-state index contributed by atoms with van der Waals surface area (Å²) in [4.78, 5) is 10.9. The lowest BCUT2D eigenvalue weighted by Gasteiger charge is -2.19. The fraction of sp³-hybridized carbons (Fsp3) is 0.500. The number of carbonyl (C=O) groups is 1. The van der Waals surface area contributed by atoms with Gasteiger partial charge in [-0.05, 0) is 31.0 Å². The summed E-state index contributed by atoms with van der Waals surface area (Å²) < 4.78 is 10.8. The Labute approximate surface area is 113 Å². The Kier molecular flexibility index (Phi) is 5.18. The average molecular weight is 267 g/mol. The molecule has 3 N–H and O–H groups in total. The molecule has 0 heterocycles. The van der Waals surface area contributed by atoms with Crippen LogP contribution in [0.1, 0.15) is 25.8 Å². The average Bonchev–Trinajstić information content (AvgIpc) is 2.38. The third kappa shape index (κ3) is 4.13. The minimum absolute atomic E-state index is 0.223. The van der Waals surface area contributed by atoms with Crippen LogP contribution in [0.4, 0.5) is 0 Å². The number of hydrogen-bond donors (Lipinski definition) is 2. The fourth-order valence-electron chi connectivity index (χ4n) is 1.53. The number of ether oxygens (including phenoxy) is 2. The van der Waals surface area contributed by atoms with E-state index in [1.165, 1.54) is 6.92 Å². The quantitative estimate of drug-likeness (QED) is 0.787. The van der Waals surface area contributed by atoms with E-state index in [2.05, 4.69) is 6.92 Å². The molecule has 0 fully saturated rings. The van der Waals surface area contributed by atoms with Gasteiger partial charge in [0.05, 0.1) is 13.7 Å². The van der Waals surface area contributed by atoms with Crippen molar-refractivity contribution >= 4 is 5.97 Å². The van der Waals surface area contributed by atoms with Crippen LogP contribution in [0.5, 0.6) is 11.5 Å². The maximum absolute atomic E-state index is 10.9. The fourth-order valence-corrected chi connectivity index (χ4v) is 1.53. The number of aliphatic carboxylic acids is 1. The monoisotopic (exact) mass is 267 g/mol. The number of carboxylic acid groups (broad SMARTS) is 1. The van der Waals surface area contributed by atoms with Crippen LogP contribution in [0, 0.1) is 0 Å². The molecule has 0 radical (unpaired) electrons. The highest BCUT2D eigenvalue weighted by Gasteiger charge is 2.27. The number of benzene rings is 1. The van der Waals surface area contributed by atoms with Crippen molar-refractivity contribution in [2.45, 2.75) is 32.2 Å². The van der Waals surface area contributed by atoms with E-state index in [1.54, 1.807) is 7.11 Å². The van der Waals surface area contributed by atoms with Crippen LogP contribution < -0.4 is 15.2 Å². The smallest absolute Gasteiger partial charge is 0.323 e. The molecule has 0 aromatic heterocycles. The number of nitrogens with two attached hydrogens (primary N) is 1. The van der Waals surface area contributed by atoms with Crippen molar-refractivity contribution in [1.29, 1.82) is 0 Å². The van der Waals surface area contributed by atoms with E-state index >= 15 is 0 Å². The van der Waals surface area contributed by atoms with Crippen molar-refractivity contribution in [1.82, 2.24) is 0 Å². The Bertz CT molecular complexity index is 443. The number of aryl methyl sites for hydroxylation is 1. The summed E-state index contributed by atoms with van der Waals surface area (Å²) in [6.45, 7) is 3.75. The van der Waals surface area contributed by atoms with Crippen molar-refractivity contribution in [3.63, 3.8) is 0 Å². The molecule has 106 valence electrons. The first-order valence-electron chi connectivity index (χ1n) is 6.22. The molecule has 5 heteroatoms. The van der Waals surface area contributed by atoms with Gasteiger partial charge < -0.3 is 20.3 Å². The number of rotatable bonds is 7. The van der Waals surface area contributed by atoms with Crippen LogP contribution in [0.3, 0.4) is 0 Å². The minimum Gasteiger partial charge on any atom is -0.493 e. The van der Waals surface area contributed by atoms with E-state index in [1.807, 2.05) is 18.2 Å². The second-order valence-electron chi connectivity index (χ2n) is 4.66. The van der Waals surface area contributed by atoms with Crippen LogP contribution in [-0.4, -0.2) is 30.3 Å². The lowest BCUT2D eigenvalue weighted by Crippen LogP contribution is -2.45. The molecule has 1 rings (SSSR count). The molecule has 1 aromatic rings. The minimum atomic E-state index is -1.28. The summed E-state index contributed by atoms with van der Waals surface area (Å²) in [5.41, 5.74) is 5.50. The van der Waals surface area contributed by atoms with Crippen LogP contribution in [0.25, 0.3) is 0 Å². The molecule has 0 aliphatic rings. The molecule has 0 saturated heterocycles. The second kappa shape index (κ2) is 6.43. The van der Waals surface area contributed by atoms with Crippen LogP contribution in [-0.2, 0) is 11.2 Å². The largest absolute Gasteiger partial charge is 0.493 e. The third-order valence-electron chi connectivity index (χ3n) is 3.00. The third-order valence-corrected chi connectivity index (χ3v) is 3.00. The SMILES string of the molecule is CCc1ccc(OCCC(C)(N)C(=O)O)c(OC)c1. The Morgan fingerprint density at radius 1 is 1.42 bits per heavy atom. The number of carboxylic acids is 1.